The number of carbonyl (C=O) groups is 1. The molecule has 0 radical (unpaired) electrons. The lowest BCUT2D eigenvalue weighted by molar-refractivity contribution is -0.143. The van der Waals surface area contributed by atoms with Crippen LogP contribution in [0, 0.1) is 0 Å². The van der Waals surface area contributed by atoms with Crippen LogP contribution in [-0.4, -0.2) is 11.1 Å². The lowest BCUT2D eigenvalue weighted by atomic mass is 9.97. The third kappa shape index (κ3) is 5.24. The van der Waals surface area contributed by atoms with Gasteiger partial charge in [-0.3, -0.25) is 4.79 Å². The first-order valence-electron chi connectivity index (χ1n) is 7.57. The van der Waals surface area contributed by atoms with Crippen LogP contribution in [0.15, 0.2) is 42.5 Å². The van der Waals surface area contributed by atoms with Gasteiger partial charge in [-0.05, 0) is 47.7 Å². The summed E-state index contributed by atoms with van der Waals surface area (Å²) in [5.74, 6) is -0.940. The number of carboxylic acids is 1. The molecule has 1 N–H and O–H groups in total. The van der Waals surface area contributed by atoms with Crippen LogP contribution in [0.1, 0.15) is 29.5 Å². The monoisotopic (exact) mass is 376 g/mol. The predicted octanol–water partition coefficient (Wildman–Crippen LogP) is 5.80. The Morgan fingerprint density at radius 3 is 1.73 bits per heavy atom. The van der Waals surface area contributed by atoms with E-state index in [0.29, 0.717) is 25.0 Å². The van der Waals surface area contributed by atoms with Gasteiger partial charge in [-0.15, -0.1) is 0 Å². The zero-order valence-electron chi connectivity index (χ0n) is 13.3. The molecule has 0 spiro atoms. The van der Waals surface area contributed by atoms with Crippen LogP contribution in [0.5, 0.6) is 0 Å². The summed E-state index contributed by atoms with van der Waals surface area (Å²) >= 11 is 0. The van der Waals surface area contributed by atoms with Gasteiger partial charge in [0.05, 0.1) is 11.1 Å². The molecule has 0 amide bonds. The standard InChI is InChI=1S/C18H14F6O2/c19-17(20,21)14-8-13(9-15(10-14)18(22,23)24)12-6-4-11(5-7-12)2-1-3-16(25)26/h4-10H,1-3H2,(H,25,26). The highest BCUT2D eigenvalue weighted by Crippen LogP contribution is 2.38. The molecule has 2 aromatic carbocycles. The van der Waals surface area contributed by atoms with Gasteiger partial charge in [0.2, 0.25) is 0 Å². The zero-order chi connectivity index (χ0) is 19.5. The van der Waals surface area contributed by atoms with Gasteiger partial charge >= 0.3 is 18.3 Å². The van der Waals surface area contributed by atoms with Gasteiger partial charge < -0.3 is 5.11 Å². The van der Waals surface area contributed by atoms with Crippen molar-refractivity contribution in [2.24, 2.45) is 0 Å². The average Bonchev–Trinajstić information content (AvgIpc) is 2.53. The second-order valence-electron chi connectivity index (χ2n) is 5.74. The summed E-state index contributed by atoms with van der Waals surface area (Å²) in [5.41, 5.74) is -1.97. The number of aryl methyl sites for hydroxylation is 1. The third-order valence-corrected chi connectivity index (χ3v) is 3.73. The summed E-state index contributed by atoms with van der Waals surface area (Å²) in [5, 5.41) is 8.58. The van der Waals surface area contributed by atoms with Crippen molar-refractivity contribution in [1.29, 1.82) is 0 Å². The van der Waals surface area contributed by atoms with E-state index < -0.39 is 29.4 Å². The van der Waals surface area contributed by atoms with Gasteiger partial charge in [0, 0.05) is 6.42 Å². The Morgan fingerprint density at radius 1 is 0.808 bits per heavy atom. The summed E-state index contributed by atoms with van der Waals surface area (Å²) in [6.07, 6.45) is -8.98. The molecular formula is C18H14F6O2. The summed E-state index contributed by atoms with van der Waals surface area (Å²) in [4.78, 5) is 10.5. The molecule has 0 unspecified atom stereocenters. The summed E-state index contributed by atoms with van der Waals surface area (Å²) in [6, 6.07) is 7.40. The molecule has 0 aliphatic heterocycles. The van der Waals surface area contributed by atoms with E-state index in [1.807, 2.05) is 0 Å². The van der Waals surface area contributed by atoms with Crippen LogP contribution >= 0.6 is 0 Å². The van der Waals surface area contributed by atoms with Crippen molar-refractivity contribution in [1.82, 2.24) is 0 Å². The number of aliphatic carboxylic acids is 1. The molecule has 0 fully saturated rings. The molecule has 0 bridgehead atoms. The maximum atomic E-state index is 12.9. The zero-order valence-corrected chi connectivity index (χ0v) is 13.3. The number of benzene rings is 2. The molecular weight excluding hydrogens is 362 g/mol. The second-order valence-corrected chi connectivity index (χ2v) is 5.74. The van der Waals surface area contributed by atoms with Crippen molar-refractivity contribution in [3.05, 3.63) is 59.2 Å². The van der Waals surface area contributed by atoms with Crippen LogP contribution in [0.3, 0.4) is 0 Å². The number of rotatable bonds is 5. The van der Waals surface area contributed by atoms with E-state index >= 15 is 0 Å². The second kappa shape index (κ2) is 7.39. The molecule has 0 aromatic heterocycles. The minimum atomic E-state index is -4.90. The average molecular weight is 376 g/mol. The minimum Gasteiger partial charge on any atom is -0.481 e. The molecule has 0 aliphatic carbocycles. The van der Waals surface area contributed by atoms with Crippen molar-refractivity contribution in [3.63, 3.8) is 0 Å². The Morgan fingerprint density at radius 2 is 1.31 bits per heavy atom. The van der Waals surface area contributed by atoms with E-state index in [9.17, 15) is 31.1 Å². The first-order chi connectivity index (χ1) is 12.0. The van der Waals surface area contributed by atoms with Crippen molar-refractivity contribution in [2.75, 3.05) is 0 Å². The molecule has 2 nitrogen and oxygen atoms in total. The highest BCUT2D eigenvalue weighted by atomic mass is 19.4. The fourth-order valence-electron chi connectivity index (χ4n) is 2.43. The van der Waals surface area contributed by atoms with Gasteiger partial charge in [-0.25, -0.2) is 0 Å². The molecule has 140 valence electrons. The van der Waals surface area contributed by atoms with Crippen LogP contribution in [0.25, 0.3) is 11.1 Å². The molecule has 0 saturated carbocycles. The minimum absolute atomic E-state index is 0.0235. The van der Waals surface area contributed by atoms with E-state index in [-0.39, 0.29) is 23.6 Å². The Hall–Kier alpha value is -2.51. The summed E-state index contributed by atoms with van der Waals surface area (Å²) in [7, 11) is 0. The normalized spacial score (nSPS) is 12.2. The first-order valence-corrected chi connectivity index (χ1v) is 7.57. The molecule has 2 rings (SSSR count). The highest BCUT2D eigenvalue weighted by molar-refractivity contribution is 5.67. The molecule has 2 aromatic rings. The Balaban J connectivity index is 2.33. The highest BCUT2D eigenvalue weighted by Gasteiger charge is 2.36. The number of halogens is 6. The van der Waals surface area contributed by atoms with Gasteiger partial charge in [0.25, 0.3) is 0 Å². The Kier molecular flexibility index (Phi) is 5.63. The Labute approximate surface area is 145 Å². The molecule has 26 heavy (non-hydrogen) atoms. The van der Waals surface area contributed by atoms with Gasteiger partial charge in [0.15, 0.2) is 0 Å². The molecule has 0 heterocycles. The summed E-state index contributed by atoms with van der Waals surface area (Å²) < 4.78 is 77.4. The van der Waals surface area contributed by atoms with Crippen molar-refractivity contribution >= 4 is 5.97 Å². The lowest BCUT2D eigenvalue weighted by Crippen LogP contribution is -2.11. The van der Waals surface area contributed by atoms with Crippen LogP contribution in [0.2, 0.25) is 0 Å². The van der Waals surface area contributed by atoms with E-state index in [0.717, 1.165) is 5.56 Å². The van der Waals surface area contributed by atoms with E-state index in [4.69, 9.17) is 5.11 Å². The maximum absolute atomic E-state index is 12.9. The smallest absolute Gasteiger partial charge is 0.416 e. The molecule has 0 saturated heterocycles. The molecule has 0 aliphatic rings. The van der Waals surface area contributed by atoms with E-state index in [1.54, 1.807) is 12.1 Å². The maximum Gasteiger partial charge on any atom is 0.416 e. The van der Waals surface area contributed by atoms with Gasteiger partial charge in [-0.2, -0.15) is 26.3 Å². The number of hydrogen-bond donors (Lipinski definition) is 1. The number of carboxylic acid groups (broad SMARTS) is 1. The van der Waals surface area contributed by atoms with Gasteiger partial charge in [-0.1, -0.05) is 24.3 Å². The molecule has 8 heteroatoms. The fourth-order valence-corrected chi connectivity index (χ4v) is 2.43. The van der Waals surface area contributed by atoms with Crippen molar-refractivity contribution in [2.45, 2.75) is 31.6 Å². The fraction of sp³-hybridized carbons (Fsp3) is 0.278. The topological polar surface area (TPSA) is 37.3 Å². The molecule has 0 atom stereocenters. The van der Waals surface area contributed by atoms with Gasteiger partial charge in [0.1, 0.15) is 0 Å². The summed E-state index contributed by atoms with van der Waals surface area (Å²) in [6.45, 7) is 0. The van der Waals surface area contributed by atoms with Crippen LogP contribution < -0.4 is 0 Å². The van der Waals surface area contributed by atoms with Crippen molar-refractivity contribution < 1.29 is 36.2 Å². The largest absolute Gasteiger partial charge is 0.481 e. The predicted molar refractivity (Wildman–Crippen MR) is 82.5 cm³/mol. The van der Waals surface area contributed by atoms with Crippen LogP contribution in [0.4, 0.5) is 26.3 Å². The lowest BCUT2D eigenvalue weighted by Gasteiger charge is -2.14. The van der Waals surface area contributed by atoms with Crippen LogP contribution in [-0.2, 0) is 23.6 Å². The quantitative estimate of drug-likeness (QED) is 0.670. The van der Waals surface area contributed by atoms with E-state index in [1.165, 1.54) is 12.1 Å². The Bertz CT molecular complexity index is 743. The van der Waals surface area contributed by atoms with E-state index in [2.05, 4.69) is 0 Å². The first kappa shape index (κ1) is 19.8. The number of alkyl halides is 6. The van der Waals surface area contributed by atoms with Crippen molar-refractivity contribution in [3.8, 4) is 11.1 Å². The SMILES string of the molecule is O=C(O)CCCc1ccc(-c2cc(C(F)(F)F)cc(C(F)(F)F)c2)cc1. The number of hydrogen-bond acceptors (Lipinski definition) is 1. The third-order valence-electron chi connectivity index (χ3n) is 3.73.